The maximum Gasteiger partial charge on any atom is 0.145 e. The Morgan fingerprint density at radius 2 is 1.71 bits per heavy atom. The van der Waals surface area contributed by atoms with Gasteiger partial charge in [0.1, 0.15) is 11.4 Å². The second kappa shape index (κ2) is 4.99. The third-order valence-electron chi connectivity index (χ3n) is 5.06. The number of fused-ring (bicyclic) bond motifs is 3. The first-order valence-electron chi connectivity index (χ1n) is 8.00. The standard InChI is InChI=1S/C20H26N/c1-14(2)10-12-17-15(3)21(4,5)19-13-11-16-8-6-7-9-18(16)20(17)19/h6-9,11,13-14H,10,12H2,1-5H3/q+1. The summed E-state index contributed by atoms with van der Waals surface area (Å²) in [4.78, 5) is 0. The van der Waals surface area contributed by atoms with Crippen LogP contribution in [0.5, 0.6) is 0 Å². The normalized spacial score (nSPS) is 16.9. The van der Waals surface area contributed by atoms with Crippen LogP contribution in [0.25, 0.3) is 16.3 Å². The fraction of sp³-hybridized carbons (Fsp3) is 0.400. The molecule has 2 aromatic carbocycles. The molecule has 0 fully saturated rings. The van der Waals surface area contributed by atoms with Gasteiger partial charge < -0.3 is 0 Å². The predicted octanol–water partition coefficient (Wildman–Crippen LogP) is 5.59. The van der Waals surface area contributed by atoms with Crippen molar-refractivity contribution in [3.05, 3.63) is 47.7 Å². The maximum absolute atomic E-state index is 2.32. The summed E-state index contributed by atoms with van der Waals surface area (Å²) in [5, 5.41) is 2.77. The molecule has 21 heavy (non-hydrogen) atoms. The van der Waals surface area contributed by atoms with Gasteiger partial charge in [-0.2, -0.15) is 0 Å². The maximum atomic E-state index is 2.32. The minimum absolute atomic E-state index is 0.750. The molecule has 3 rings (SSSR count). The highest BCUT2D eigenvalue weighted by atomic mass is 15.3. The molecule has 1 nitrogen and oxygen atoms in total. The summed E-state index contributed by atoms with van der Waals surface area (Å²) in [5.41, 5.74) is 6.02. The van der Waals surface area contributed by atoms with Crippen LogP contribution in [0, 0.1) is 5.92 Å². The zero-order chi connectivity index (χ0) is 15.2. The van der Waals surface area contributed by atoms with Crippen LogP contribution < -0.4 is 4.48 Å². The summed E-state index contributed by atoms with van der Waals surface area (Å²) in [5.74, 6) is 0.750. The Kier molecular flexibility index (Phi) is 3.41. The van der Waals surface area contributed by atoms with Gasteiger partial charge in [0.2, 0.25) is 0 Å². The third-order valence-corrected chi connectivity index (χ3v) is 5.06. The van der Waals surface area contributed by atoms with Crippen LogP contribution in [0.3, 0.4) is 0 Å². The van der Waals surface area contributed by atoms with Crippen molar-refractivity contribution in [2.24, 2.45) is 5.92 Å². The molecule has 0 spiro atoms. The molecule has 0 N–H and O–H groups in total. The fourth-order valence-corrected chi connectivity index (χ4v) is 3.48. The lowest BCUT2D eigenvalue weighted by Gasteiger charge is -2.26. The number of hydrogen-bond acceptors (Lipinski definition) is 0. The molecule has 1 aliphatic rings. The van der Waals surface area contributed by atoms with Crippen LogP contribution >= 0.6 is 0 Å². The van der Waals surface area contributed by atoms with Crippen molar-refractivity contribution in [3.8, 4) is 0 Å². The lowest BCUT2D eigenvalue weighted by Crippen LogP contribution is -2.36. The van der Waals surface area contributed by atoms with E-state index >= 15 is 0 Å². The van der Waals surface area contributed by atoms with Crippen molar-refractivity contribution in [1.29, 1.82) is 0 Å². The van der Waals surface area contributed by atoms with Crippen molar-refractivity contribution in [2.75, 3.05) is 14.1 Å². The second-order valence-corrected chi connectivity index (χ2v) is 7.13. The van der Waals surface area contributed by atoms with E-state index in [0.29, 0.717) is 0 Å². The van der Waals surface area contributed by atoms with Gasteiger partial charge in [-0.05, 0) is 35.6 Å². The lowest BCUT2D eigenvalue weighted by atomic mass is 9.93. The summed E-state index contributed by atoms with van der Waals surface area (Å²) in [6.45, 7) is 6.94. The zero-order valence-electron chi connectivity index (χ0n) is 13.9. The van der Waals surface area contributed by atoms with E-state index in [0.717, 1.165) is 10.4 Å². The van der Waals surface area contributed by atoms with Crippen molar-refractivity contribution in [3.63, 3.8) is 0 Å². The lowest BCUT2D eigenvalue weighted by molar-refractivity contribution is 0.505. The zero-order valence-corrected chi connectivity index (χ0v) is 13.9. The van der Waals surface area contributed by atoms with Crippen molar-refractivity contribution >= 4 is 22.0 Å². The smallest absolute Gasteiger partial charge is 0.145 e. The van der Waals surface area contributed by atoms with Crippen molar-refractivity contribution in [2.45, 2.75) is 33.6 Å². The van der Waals surface area contributed by atoms with Crippen LogP contribution in [0.2, 0.25) is 0 Å². The van der Waals surface area contributed by atoms with E-state index in [-0.39, 0.29) is 0 Å². The molecule has 1 heteroatoms. The van der Waals surface area contributed by atoms with Crippen molar-refractivity contribution < 1.29 is 0 Å². The molecule has 110 valence electrons. The van der Waals surface area contributed by atoms with Gasteiger partial charge in [-0.1, -0.05) is 38.1 Å². The number of rotatable bonds is 3. The number of nitrogens with zero attached hydrogens (tertiary/aromatic N) is 1. The van der Waals surface area contributed by atoms with E-state index in [2.05, 4.69) is 71.3 Å². The average Bonchev–Trinajstić information content (AvgIpc) is 2.65. The topological polar surface area (TPSA) is 0 Å². The predicted molar refractivity (Wildman–Crippen MR) is 94.3 cm³/mol. The Morgan fingerprint density at radius 3 is 2.43 bits per heavy atom. The Morgan fingerprint density at radius 1 is 1.00 bits per heavy atom. The molecule has 0 aromatic heterocycles. The van der Waals surface area contributed by atoms with Gasteiger partial charge in [-0.3, -0.25) is 4.48 Å². The first-order valence-corrected chi connectivity index (χ1v) is 8.00. The minimum Gasteiger partial charge on any atom is -0.267 e. The molecule has 0 atom stereocenters. The molecular weight excluding hydrogens is 254 g/mol. The highest BCUT2D eigenvalue weighted by Gasteiger charge is 2.37. The van der Waals surface area contributed by atoms with Gasteiger partial charge in [0.05, 0.1) is 19.7 Å². The molecule has 0 aliphatic carbocycles. The Labute approximate surface area is 128 Å². The average molecular weight is 280 g/mol. The first-order chi connectivity index (χ1) is 9.93. The summed E-state index contributed by atoms with van der Waals surface area (Å²) in [7, 11) is 4.62. The van der Waals surface area contributed by atoms with Crippen LogP contribution in [-0.2, 0) is 0 Å². The highest BCUT2D eigenvalue weighted by Crippen LogP contribution is 2.47. The number of benzene rings is 2. The van der Waals surface area contributed by atoms with E-state index in [1.54, 1.807) is 5.57 Å². The Bertz CT molecular complexity index is 720. The number of allylic oxidation sites excluding steroid dienone is 2. The molecule has 0 bridgehead atoms. The summed E-state index contributed by atoms with van der Waals surface area (Å²) in [6.07, 6.45) is 2.45. The number of quaternary nitrogens is 1. The molecular formula is C20H26N+. The van der Waals surface area contributed by atoms with E-state index in [4.69, 9.17) is 0 Å². The van der Waals surface area contributed by atoms with Gasteiger partial charge in [-0.15, -0.1) is 0 Å². The number of hydrogen-bond donors (Lipinski definition) is 0. The molecule has 0 unspecified atom stereocenters. The summed E-state index contributed by atoms with van der Waals surface area (Å²) in [6, 6.07) is 13.4. The molecule has 0 saturated heterocycles. The summed E-state index contributed by atoms with van der Waals surface area (Å²) >= 11 is 0. The van der Waals surface area contributed by atoms with Crippen LogP contribution in [0.4, 0.5) is 5.69 Å². The fourth-order valence-electron chi connectivity index (χ4n) is 3.48. The Hall–Kier alpha value is -1.60. The van der Waals surface area contributed by atoms with Crippen LogP contribution in [0.1, 0.15) is 39.2 Å². The summed E-state index contributed by atoms with van der Waals surface area (Å²) < 4.78 is 0.896. The quantitative estimate of drug-likeness (QED) is 0.643. The van der Waals surface area contributed by atoms with E-state index in [1.165, 1.54) is 40.6 Å². The van der Waals surface area contributed by atoms with Gasteiger partial charge in [-0.25, -0.2) is 0 Å². The molecule has 0 saturated carbocycles. The molecule has 1 heterocycles. The second-order valence-electron chi connectivity index (χ2n) is 7.13. The van der Waals surface area contributed by atoms with Gasteiger partial charge >= 0.3 is 0 Å². The van der Waals surface area contributed by atoms with Gasteiger partial charge in [0.25, 0.3) is 0 Å². The largest absolute Gasteiger partial charge is 0.267 e. The third kappa shape index (κ3) is 2.20. The van der Waals surface area contributed by atoms with Crippen LogP contribution in [-0.4, -0.2) is 14.1 Å². The van der Waals surface area contributed by atoms with Gasteiger partial charge in [0.15, 0.2) is 0 Å². The minimum atomic E-state index is 0.750. The van der Waals surface area contributed by atoms with E-state index < -0.39 is 0 Å². The van der Waals surface area contributed by atoms with Crippen LogP contribution in [0.15, 0.2) is 42.1 Å². The van der Waals surface area contributed by atoms with Gasteiger partial charge in [0, 0.05) is 18.6 Å². The molecule has 2 aromatic rings. The monoisotopic (exact) mass is 280 g/mol. The van der Waals surface area contributed by atoms with E-state index in [1.807, 2.05) is 0 Å². The molecule has 0 radical (unpaired) electrons. The highest BCUT2D eigenvalue weighted by molar-refractivity contribution is 6.02. The van der Waals surface area contributed by atoms with E-state index in [9.17, 15) is 0 Å². The SMILES string of the molecule is CC1=C(CCC(C)C)c2c(ccc3ccccc23)[N+]1(C)C. The first kappa shape index (κ1) is 14.3. The van der Waals surface area contributed by atoms with Crippen molar-refractivity contribution in [1.82, 2.24) is 4.48 Å². The Balaban J connectivity index is 2.23. The molecule has 1 aliphatic heterocycles. The molecule has 0 amide bonds.